The van der Waals surface area contributed by atoms with E-state index < -0.39 is 6.10 Å². The molecular weight excluding hydrogens is 793 g/mol. The number of ether oxygens (including phenoxy) is 3. The van der Waals surface area contributed by atoms with Crippen molar-refractivity contribution in [2.75, 3.05) is 13.2 Å². The van der Waals surface area contributed by atoms with E-state index in [2.05, 4.69) is 45.1 Å². The molecule has 0 aliphatic carbocycles. The molecule has 0 bridgehead atoms. The molecule has 0 fully saturated rings. The van der Waals surface area contributed by atoms with Gasteiger partial charge < -0.3 is 14.2 Å². The first-order valence-corrected chi connectivity index (χ1v) is 28.3. The van der Waals surface area contributed by atoms with Gasteiger partial charge in [-0.15, -0.1) is 0 Å². The third-order valence-corrected chi connectivity index (χ3v) is 12.7. The minimum Gasteiger partial charge on any atom is -0.462 e. The maximum Gasteiger partial charge on any atom is 0.306 e. The van der Waals surface area contributed by atoms with E-state index >= 15 is 0 Å². The maximum absolute atomic E-state index is 12.8. The van der Waals surface area contributed by atoms with Crippen molar-refractivity contribution in [1.29, 1.82) is 0 Å². The van der Waals surface area contributed by atoms with Crippen LogP contribution in [0.3, 0.4) is 0 Å². The van der Waals surface area contributed by atoms with Crippen molar-refractivity contribution < 1.29 is 28.6 Å². The van der Waals surface area contributed by atoms with Crippen LogP contribution in [-0.2, 0) is 28.6 Å². The molecule has 1 unspecified atom stereocenters. The van der Waals surface area contributed by atoms with E-state index in [4.69, 9.17) is 14.2 Å². The van der Waals surface area contributed by atoms with Crippen LogP contribution in [0.1, 0.15) is 310 Å². The molecule has 0 aliphatic rings. The van der Waals surface area contributed by atoms with Crippen LogP contribution in [0.4, 0.5) is 0 Å². The fourth-order valence-corrected chi connectivity index (χ4v) is 8.42. The Morgan fingerprint density at radius 2 is 0.562 bits per heavy atom. The fraction of sp³-hybridized carbons (Fsp3) is 0.879. The fourth-order valence-electron chi connectivity index (χ4n) is 8.42. The average Bonchev–Trinajstić information content (AvgIpc) is 3.29. The van der Waals surface area contributed by atoms with E-state index in [1.807, 2.05) is 0 Å². The zero-order valence-corrected chi connectivity index (χ0v) is 43.1. The average molecular weight is 901 g/mol. The molecule has 6 heteroatoms. The van der Waals surface area contributed by atoms with E-state index in [1.54, 1.807) is 0 Å². The van der Waals surface area contributed by atoms with E-state index in [1.165, 1.54) is 205 Å². The van der Waals surface area contributed by atoms with Crippen molar-refractivity contribution in [3.05, 3.63) is 24.3 Å². The van der Waals surface area contributed by atoms with Crippen LogP contribution in [0, 0.1) is 0 Å². The highest BCUT2D eigenvalue weighted by atomic mass is 16.6. The lowest BCUT2D eigenvalue weighted by Gasteiger charge is -2.18. The predicted molar refractivity (Wildman–Crippen MR) is 275 cm³/mol. The summed E-state index contributed by atoms with van der Waals surface area (Å²) in [5.41, 5.74) is 0. The molecular formula is C58H108O6. The highest BCUT2D eigenvalue weighted by molar-refractivity contribution is 5.71. The lowest BCUT2D eigenvalue weighted by atomic mass is 10.0. The SMILES string of the molecule is CCCCC/C=C\C/C=C\CCCCCCCCCCCC(=O)OC(COC(=O)CCCCCCCC)COC(=O)CCCCCCCCCCCCCCCCCCCCCCC. The highest BCUT2D eigenvalue weighted by Crippen LogP contribution is 2.17. The Balaban J connectivity index is 4.11. The van der Waals surface area contributed by atoms with Gasteiger partial charge in [0, 0.05) is 19.3 Å². The van der Waals surface area contributed by atoms with E-state index in [0.29, 0.717) is 19.3 Å². The Labute approximate surface area is 398 Å². The van der Waals surface area contributed by atoms with Crippen molar-refractivity contribution in [1.82, 2.24) is 0 Å². The van der Waals surface area contributed by atoms with Crippen molar-refractivity contribution in [2.24, 2.45) is 0 Å². The van der Waals surface area contributed by atoms with Gasteiger partial charge in [-0.1, -0.05) is 263 Å². The summed E-state index contributed by atoms with van der Waals surface area (Å²) >= 11 is 0. The third kappa shape index (κ3) is 50.9. The molecule has 0 saturated carbocycles. The van der Waals surface area contributed by atoms with Gasteiger partial charge in [0.2, 0.25) is 0 Å². The van der Waals surface area contributed by atoms with Gasteiger partial charge in [0.05, 0.1) is 0 Å². The molecule has 0 aromatic rings. The summed E-state index contributed by atoms with van der Waals surface area (Å²) in [6.45, 7) is 6.60. The summed E-state index contributed by atoms with van der Waals surface area (Å²) in [6, 6.07) is 0. The largest absolute Gasteiger partial charge is 0.462 e. The van der Waals surface area contributed by atoms with Crippen LogP contribution in [-0.4, -0.2) is 37.2 Å². The third-order valence-electron chi connectivity index (χ3n) is 12.7. The molecule has 0 aliphatic heterocycles. The molecule has 0 radical (unpaired) electrons. The highest BCUT2D eigenvalue weighted by Gasteiger charge is 2.19. The Morgan fingerprint density at radius 3 is 0.891 bits per heavy atom. The summed E-state index contributed by atoms with van der Waals surface area (Å²) in [7, 11) is 0. The van der Waals surface area contributed by atoms with Crippen LogP contribution in [0.5, 0.6) is 0 Å². The zero-order valence-electron chi connectivity index (χ0n) is 43.1. The Kier molecular flexibility index (Phi) is 51.7. The van der Waals surface area contributed by atoms with Crippen LogP contribution < -0.4 is 0 Å². The lowest BCUT2D eigenvalue weighted by molar-refractivity contribution is -0.167. The molecule has 0 aromatic carbocycles. The first-order chi connectivity index (χ1) is 31.5. The summed E-state index contributed by atoms with van der Waals surface area (Å²) in [5, 5.41) is 0. The molecule has 0 saturated heterocycles. The predicted octanol–water partition coefficient (Wildman–Crippen LogP) is 18.7. The zero-order chi connectivity index (χ0) is 46.5. The molecule has 6 nitrogen and oxygen atoms in total. The molecule has 0 N–H and O–H groups in total. The first-order valence-electron chi connectivity index (χ1n) is 28.3. The van der Waals surface area contributed by atoms with Crippen molar-refractivity contribution in [2.45, 2.75) is 316 Å². The smallest absolute Gasteiger partial charge is 0.306 e. The Morgan fingerprint density at radius 1 is 0.312 bits per heavy atom. The second-order valence-electron chi connectivity index (χ2n) is 19.2. The molecule has 376 valence electrons. The van der Waals surface area contributed by atoms with Crippen molar-refractivity contribution in [3.63, 3.8) is 0 Å². The number of allylic oxidation sites excluding steroid dienone is 4. The summed E-state index contributed by atoms with van der Waals surface area (Å²) < 4.78 is 16.8. The van der Waals surface area contributed by atoms with Gasteiger partial charge in [0.25, 0.3) is 0 Å². The van der Waals surface area contributed by atoms with E-state index in [-0.39, 0.29) is 31.1 Å². The van der Waals surface area contributed by atoms with Gasteiger partial charge in [-0.05, 0) is 51.4 Å². The number of esters is 3. The van der Waals surface area contributed by atoms with Crippen LogP contribution >= 0.6 is 0 Å². The van der Waals surface area contributed by atoms with E-state index in [0.717, 1.165) is 64.2 Å². The molecule has 1 atom stereocenters. The number of rotatable bonds is 52. The molecule has 64 heavy (non-hydrogen) atoms. The molecule has 0 heterocycles. The van der Waals surface area contributed by atoms with Gasteiger partial charge in [-0.2, -0.15) is 0 Å². The standard InChI is InChI=1S/C58H108O6/c1-4-7-10-13-16-18-20-22-24-26-28-29-31-32-34-36-38-40-42-45-48-51-57(60)63-54-55(53-62-56(59)50-47-44-15-12-9-6-3)64-58(61)52-49-46-43-41-39-37-35-33-30-27-25-23-21-19-17-14-11-8-5-2/h17,19,23,25,55H,4-16,18,20-22,24,26-54H2,1-3H3/b19-17-,25-23-. The summed E-state index contributed by atoms with van der Waals surface area (Å²) in [6.07, 6.45) is 62.0. The van der Waals surface area contributed by atoms with Gasteiger partial charge in [-0.3, -0.25) is 14.4 Å². The number of hydrogen-bond acceptors (Lipinski definition) is 6. The van der Waals surface area contributed by atoms with E-state index in [9.17, 15) is 14.4 Å². The van der Waals surface area contributed by atoms with Gasteiger partial charge in [0.15, 0.2) is 6.10 Å². The number of carbonyl (C=O) groups is 3. The monoisotopic (exact) mass is 901 g/mol. The van der Waals surface area contributed by atoms with Gasteiger partial charge in [0.1, 0.15) is 13.2 Å². The Hall–Kier alpha value is -2.11. The molecule has 0 spiro atoms. The molecule has 0 amide bonds. The maximum atomic E-state index is 12.8. The topological polar surface area (TPSA) is 78.9 Å². The van der Waals surface area contributed by atoms with Crippen LogP contribution in [0.2, 0.25) is 0 Å². The lowest BCUT2D eigenvalue weighted by Crippen LogP contribution is -2.30. The van der Waals surface area contributed by atoms with Crippen LogP contribution in [0.25, 0.3) is 0 Å². The first kappa shape index (κ1) is 61.9. The number of unbranched alkanes of at least 4 members (excludes halogenated alkanes) is 37. The molecule has 0 rings (SSSR count). The second kappa shape index (κ2) is 53.5. The van der Waals surface area contributed by atoms with Gasteiger partial charge in [-0.25, -0.2) is 0 Å². The summed E-state index contributed by atoms with van der Waals surface area (Å²) in [5.74, 6) is -0.865. The van der Waals surface area contributed by atoms with Crippen LogP contribution in [0.15, 0.2) is 24.3 Å². The minimum atomic E-state index is -0.766. The number of carbonyl (C=O) groups excluding carboxylic acids is 3. The van der Waals surface area contributed by atoms with Crippen molar-refractivity contribution in [3.8, 4) is 0 Å². The Bertz CT molecular complexity index is 1040. The number of hydrogen-bond donors (Lipinski definition) is 0. The van der Waals surface area contributed by atoms with Crippen molar-refractivity contribution >= 4 is 17.9 Å². The summed E-state index contributed by atoms with van der Waals surface area (Å²) in [4.78, 5) is 37.8. The quantitative estimate of drug-likeness (QED) is 0.0262. The normalized spacial score (nSPS) is 12.1. The van der Waals surface area contributed by atoms with Gasteiger partial charge >= 0.3 is 17.9 Å². The molecule has 0 aromatic heterocycles. The second-order valence-corrected chi connectivity index (χ2v) is 19.2. The minimum absolute atomic E-state index is 0.0685.